The first-order valence-corrected chi connectivity index (χ1v) is 2.47. The lowest BCUT2D eigenvalue weighted by Gasteiger charge is -1.46. The van der Waals surface area contributed by atoms with Crippen molar-refractivity contribution in [1.29, 1.82) is 0 Å². The predicted molar refractivity (Wildman–Crippen MR) is 36.4 cm³/mol. The van der Waals surface area contributed by atoms with E-state index in [1.807, 2.05) is 0 Å². The highest BCUT2D eigenvalue weighted by molar-refractivity contribution is 7.78. The second-order valence-electron chi connectivity index (χ2n) is 0.897. The fourth-order valence-corrected chi connectivity index (χ4v) is 0.215. The van der Waals surface area contributed by atoms with Gasteiger partial charge in [-0.3, -0.25) is 0 Å². The van der Waals surface area contributed by atoms with Gasteiger partial charge in [0.1, 0.15) is 0 Å². The molecule has 1 aromatic rings. The molecule has 0 radical (unpaired) electrons. The Hall–Kier alpha value is -0.900. The lowest BCUT2D eigenvalue weighted by Crippen LogP contribution is -1.79. The minimum Gasteiger partial charge on any atom is -0.396 e. The summed E-state index contributed by atoms with van der Waals surface area (Å²) in [7, 11) is 0. The van der Waals surface area contributed by atoms with Crippen molar-refractivity contribution >= 4 is 17.7 Å². The first-order chi connectivity index (χ1) is 3.91. The highest BCUT2D eigenvalue weighted by atomic mass is 32.1. The molecule has 0 unspecified atom stereocenters. The molecule has 8 heavy (non-hydrogen) atoms. The number of nitrogens with one attached hydrogen (secondary N) is 1. The molecule has 0 aromatic carbocycles. The Labute approximate surface area is 52.9 Å². The topological polar surface area (TPSA) is 54.7 Å². The lowest BCUT2D eigenvalue weighted by atomic mass is 11.0. The monoisotopic (exact) mass is 129 g/mol. The van der Waals surface area contributed by atoms with Crippen LogP contribution in [-0.4, -0.2) is 15.5 Å². The predicted octanol–water partition coefficient (Wildman–Crippen LogP) is 0.312. The normalized spacial score (nSPS) is 6.50. The van der Waals surface area contributed by atoms with Crippen molar-refractivity contribution in [3.63, 3.8) is 0 Å². The number of H-pyrrole nitrogens is 1. The highest BCUT2D eigenvalue weighted by Crippen LogP contribution is 1.62. The number of aromatic nitrogens is 2. The van der Waals surface area contributed by atoms with E-state index >= 15 is 0 Å². The van der Waals surface area contributed by atoms with Crippen molar-refractivity contribution in [1.82, 2.24) is 9.97 Å². The minimum atomic E-state index is 1.08. The summed E-state index contributed by atoms with van der Waals surface area (Å²) in [6.45, 7) is 0. The molecule has 4 heteroatoms. The van der Waals surface area contributed by atoms with Crippen molar-refractivity contribution in [2.24, 2.45) is 5.73 Å². The van der Waals surface area contributed by atoms with Crippen molar-refractivity contribution in [2.75, 3.05) is 0 Å². The summed E-state index contributed by atoms with van der Waals surface area (Å²) in [5, 5.41) is 0. The maximum atomic E-state index is 4.54. The van der Waals surface area contributed by atoms with Crippen molar-refractivity contribution < 1.29 is 0 Å². The quantitative estimate of drug-likeness (QED) is 0.496. The van der Waals surface area contributed by atoms with Crippen LogP contribution in [0.15, 0.2) is 18.7 Å². The number of aromatic amines is 1. The van der Waals surface area contributed by atoms with E-state index in [4.69, 9.17) is 0 Å². The molecule has 0 fully saturated rings. The standard InChI is InChI=1S/C3H4N2.CH3NS/c1-2-5-3-4-1;2-1-3/h1-3H,(H,4,5);1H,(H2,2,3). The Morgan fingerprint density at radius 2 is 2.38 bits per heavy atom. The van der Waals surface area contributed by atoms with E-state index < -0.39 is 0 Å². The molecule has 44 valence electrons. The summed E-state index contributed by atoms with van der Waals surface area (Å²) in [4.78, 5) is 6.42. The zero-order valence-corrected chi connectivity index (χ0v) is 5.06. The first kappa shape index (κ1) is 7.10. The van der Waals surface area contributed by atoms with Crippen molar-refractivity contribution in [3.05, 3.63) is 18.7 Å². The average molecular weight is 129 g/mol. The van der Waals surface area contributed by atoms with Gasteiger partial charge in [0.05, 0.1) is 11.8 Å². The Morgan fingerprint density at radius 3 is 2.50 bits per heavy atom. The van der Waals surface area contributed by atoms with Gasteiger partial charge in [-0.15, -0.1) is 0 Å². The Kier molecular flexibility index (Phi) is 5.41. The van der Waals surface area contributed by atoms with E-state index in [0.29, 0.717) is 0 Å². The number of hydrogen-bond donors (Lipinski definition) is 2. The Balaban J connectivity index is 0.000000145. The fraction of sp³-hybridized carbons (Fsp3) is 0. The zero-order chi connectivity index (χ0) is 6.24. The number of nitrogens with two attached hydrogens (primary N) is 1. The van der Waals surface area contributed by atoms with E-state index in [9.17, 15) is 0 Å². The van der Waals surface area contributed by atoms with E-state index in [0.717, 1.165) is 5.49 Å². The number of thiocarbonyl (C=S) groups is 1. The molecule has 0 atom stereocenters. The second-order valence-corrected chi connectivity index (χ2v) is 1.17. The Morgan fingerprint density at radius 1 is 1.75 bits per heavy atom. The number of rotatable bonds is 0. The third-order valence-corrected chi connectivity index (χ3v) is 0.406. The van der Waals surface area contributed by atoms with Gasteiger partial charge >= 0.3 is 0 Å². The number of nitrogens with zero attached hydrogens (tertiary/aromatic N) is 1. The summed E-state index contributed by atoms with van der Waals surface area (Å²) in [5.41, 5.74) is 5.62. The molecular weight excluding hydrogens is 122 g/mol. The molecule has 0 aliphatic carbocycles. The van der Waals surface area contributed by atoms with E-state index in [-0.39, 0.29) is 0 Å². The molecule has 0 amide bonds. The molecule has 1 rings (SSSR count). The van der Waals surface area contributed by atoms with Crippen LogP contribution in [0.3, 0.4) is 0 Å². The summed E-state index contributed by atoms with van der Waals surface area (Å²) in [5.74, 6) is 0. The first-order valence-electron chi connectivity index (χ1n) is 2.00. The van der Waals surface area contributed by atoms with E-state index in [2.05, 4.69) is 27.9 Å². The highest BCUT2D eigenvalue weighted by Gasteiger charge is 1.56. The molecule has 0 bridgehead atoms. The van der Waals surface area contributed by atoms with Crippen LogP contribution in [0.1, 0.15) is 0 Å². The molecule has 0 aliphatic rings. The van der Waals surface area contributed by atoms with Gasteiger partial charge in [-0.05, 0) is 0 Å². The smallest absolute Gasteiger partial charge is 0.0919 e. The van der Waals surface area contributed by atoms with Gasteiger partial charge in [-0.1, -0.05) is 12.2 Å². The second kappa shape index (κ2) is 6.10. The van der Waals surface area contributed by atoms with Gasteiger partial charge < -0.3 is 10.7 Å². The molecule has 0 saturated heterocycles. The van der Waals surface area contributed by atoms with Crippen LogP contribution in [0.4, 0.5) is 0 Å². The third kappa shape index (κ3) is 5.10. The largest absolute Gasteiger partial charge is 0.396 e. The fourth-order valence-electron chi connectivity index (χ4n) is 0.215. The average Bonchev–Trinajstić information content (AvgIpc) is 2.17. The summed E-state index contributed by atoms with van der Waals surface area (Å²) >= 11 is 4.05. The maximum absolute atomic E-state index is 4.54. The molecule has 0 spiro atoms. The SMILES string of the molecule is NC=S.c1c[nH]cn1. The molecule has 0 aliphatic heterocycles. The molecular formula is C4H7N3S. The summed E-state index contributed by atoms with van der Waals surface area (Å²) in [6, 6.07) is 0. The number of imidazole rings is 1. The minimum absolute atomic E-state index is 1.08. The van der Waals surface area contributed by atoms with Crippen molar-refractivity contribution in [3.8, 4) is 0 Å². The van der Waals surface area contributed by atoms with Gasteiger partial charge in [0.25, 0.3) is 0 Å². The van der Waals surface area contributed by atoms with Gasteiger partial charge in [0.2, 0.25) is 0 Å². The molecule has 3 N–H and O–H groups in total. The van der Waals surface area contributed by atoms with Crippen LogP contribution in [0.25, 0.3) is 0 Å². The van der Waals surface area contributed by atoms with Crippen LogP contribution >= 0.6 is 12.2 Å². The maximum Gasteiger partial charge on any atom is 0.0919 e. The molecule has 1 aromatic heterocycles. The van der Waals surface area contributed by atoms with Gasteiger partial charge in [-0.2, -0.15) is 0 Å². The summed E-state index contributed by atoms with van der Waals surface area (Å²) in [6.07, 6.45) is 5.08. The van der Waals surface area contributed by atoms with Crippen LogP contribution in [0.2, 0.25) is 0 Å². The van der Waals surface area contributed by atoms with E-state index in [1.54, 1.807) is 18.7 Å². The molecule has 0 saturated carbocycles. The lowest BCUT2D eigenvalue weighted by molar-refractivity contribution is 1.31. The number of hydrogen-bond acceptors (Lipinski definition) is 2. The van der Waals surface area contributed by atoms with Crippen LogP contribution < -0.4 is 5.73 Å². The molecule has 1 heterocycles. The van der Waals surface area contributed by atoms with Gasteiger partial charge in [0, 0.05) is 12.4 Å². The van der Waals surface area contributed by atoms with Gasteiger partial charge in [-0.25, -0.2) is 4.98 Å². The zero-order valence-electron chi connectivity index (χ0n) is 4.24. The van der Waals surface area contributed by atoms with Crippen LogP contribution in [0.5, 0.6) is 0 Å². The third-order valence-electron chi connectivity index (χ3n) is 0.406. The van der Waals surface area contributed by atoms with Gasteiger partial charge in [0.15, 0.2) is 0 Å². The van der Waals surface area contributed by atoms with Crippen molar-refractivity contribution in [2.45, 2.75) is 0 Å². The Bertz CT molecular complexity index is 97.6. The summed E-state index contributed by atoms with van der Waals surface area (Å²) < 4.78 is 0. The van der Waals surface area contributed by atoms with Crippen LogP contribution in [-0.2, 0) is 0 Å². The van der Waals surface area contributed by atoms with E-state index in [1.165, 1.54) is 0 Å². The molecule has 3 nitrogen and oxygen atoms in total. The van der Waals surface area contributed by atoms with Crippen LogP contribution in [0, 0.1) is 0 Å².